The Kier molecular flexibility index (Phi) is 3.62. The molecule has 0 amide bonds. The van der Waals surface area contributed by atoms with Gasteiger partial charge in [-0.15, -0.1) is 0 Å². The Morgan fingerprint density at radius 1 is 0.938 bits per heavy atom. The molecule has 2 heterocycles. The van der Waals surface area contributed by atoms with Crippen molar-refractivity contribution in [1.82, 2.24) is 9.97 Å². The first-order valence-corrected chi connectivity index (χ1v) is 5.33. The van der Waals surface area contributed by atoms with Gasteiger partial charge in [-0.3, -0.25) is 9.97 Å². The smallest absolute Gasteiger partial charge is 0.0794 e. The van der Waals surface area contributed by atoms with E-state index in [0.29, 0.717) is 6.42 Å². The summed E-state index contributed by atoms with van der Waals surface area (Å²) in [4.78, 5) is 7.89. The third-order valence-electron chi connectivity index (χ3n) is 2.55. The number of aryl methyl sites for hydroxylation is 1. The molecule has 2 aromatic heterocycles. The van der Waals surface area contributed by atoms with E-state index in [2.05, 4.69) is 9.97 Å². The van der Waals surface area contributed by atoms with E-state index >= 15 is 0 Å². The minimum atomic E-state index is -0.420. The van der Waals surface area contributed by atoms with Crippen molar-refractivity contribution in [1.29, 1.82) is 0 Å². The zero-order valence-electron chi connectivity index (χ0n) is 8.95. The first-order valence-electron chi connectivity index (χ1n) is 5.33. The van der Waals surface area contributed by atoms with Gasteiger partial charge in [0.1, 0.15) is 0 Å². The maximum Gasteiger partial charge on any atom is 0.0794 e. The van der Waals surface area contributed by atoms with Gasteiger partial charge in [0.15, 0.2) is 0 Å². The molecule has 3 heteroatoms. The summed E-state index contributed by atoms with van der Waals surface area (Å²) in [5.74, 6) is 0. The van der Waals surface area contributed by atoms with E-state index in [-0.39, 0.29) is 0 Å². The van der Waals surface area contributed by atoms with Crippen LogP contribution in [0.15, 0.2) is 49.1 Å². The maximum absolute atomic E-state index is 9.94. The highest BCUT2D eigenvalue weighted by atomic mass is 16.3. The number of aromatic nitrogens is 2. The fourth-order valence-corrected chi connectivity index (χ4v) is 1.61. The Labute approximate surface area is 94.8 Å². The number of aliphatic hydroxyl groups is 1. The molecule has 0 bridgehead atoms. The molecular weight excluding hydrogens is 200 g/mol. The molecule has 0 radical (unpaired) electrons. The molecule has 0 fully saturated rings. The number of rotatable bonds is 4. The molecule has 1 unspecified atom stereocenters. The lowest BCUT2D eigenvalue weighted by atomic mass is 10.0. The molecule has 16 heavy (non-hydrogen) atoms. The van der Waals surface area contributed by atoms with Crippen LogP contribution in [-0.4, -0.2) is 15.1 Å². The predicted octanol–water partition coefficient (Wildman–Crippen LogP) is 2.14. The van der Waals surface area contributed by atoms with Gasteiger partial charge >= 0.3 is 0 Å². The monoisotopic (exact) mass is 214 g/mol. The van der Waals surface area contributed by atoms with Crippen LogP contribution < -0.4 is 0 Å². The molecular formula is C13H14N2O. The minimum absolute atomic E-state index is 0.420. The summed E-state index contributed by atoms with van der Waals surface area (Å²) in [6, 6.07) is 7.63. The minimum Gasteiger partial charge on any atom is -0.388 e. The standard InChI is InChI=1S/C13H14N2O/c16-13(12-5-9-15-10-6-12)2-1-11-3-7-14-8-4-11/h3-10,13,16H,1-2H2. The van der Waals surface area contributed by atoms with Crippen molar-refractivity contribution in [3.8, 4) is 0 Å². The third kappa shape index (κ3) is 2.87. The zero-order valence-corrected chi connectivity index (χ0v) is 8.95. The van der Waals surface area contributed by atoms with Gasteiger partial charge in [0.25, 0.3) is 0 Å². The van der Waals surface area contributed by atoms with Crippen molar-refractivity contribution in [2.24, 2.45) is 0 Å². The molecule has 0 aliphatic carbocycles. The van der Waals surface area contributed by atoms with Crippen molar-refractivity contribution in [2.45, 2.75) is 18.9 Å². The van der Waals surface area contributed by atoms with Gasteiger partial charge < -0.3 is 5.11 Å². The summed E-state index contributed by atoms with van der Waals surface area (Å²) in [5.41, 5.74) is 2.12. The van der Waals surface area contributed by atoms with Gasteiger partial charge in [-0.05, 0) is 48.2 Å². The first-order chi connectivity index (χ1) is 7.86. The lowest BCUT2D eigenvalue weighted by Gasteiger charge is -2.10. The molecule has 0 saturated heterocycles. The van der Waals surface area contributed by atoms with E-state index in [4.69, 9.17) is 0 Å². The Morgan fingerprint density at radius 2 is 1.50 bits per heavy atom. The Hall–Kier alpha value is -1.74. The van der Waals surface area contributed by atoms with Crippen LogP contribution in [0, 0.1) is 0 Å². The van der Waals surface area contributed by atoms with E-state index < -0.39 is 6.10 Å². The van der Waals surface area contributed by atoms with Gasteiger partial charge in [0.05, 0.1) is 6.10 Å². The van der Waals surface area contributed by atoms with E-state index in [1.54, 1.807) is 24.8 Å². The molecule has 0 saturated carbocycles. The molecule has 2 rings (SSSR count). The van der Waals surface area contributed by atoms with Crippen LogP contribution >= 0.6 is 0 Å². The third-order valence-corrected chi connectivity index (χ3v) is 2.55. The second-order valence-electron chi connectivity index (χ2n) is 3.69. The number of hydrogen-bond donors (Lipinski definition) is 1. The van der Waals surface area contributed by atoms with Crippen LogP contribution in [0.5, 0.6) is 0 Å². The highest BCUT2D eigenvalue weighted by Gasteiger charge is 2.06. The number of nitrogens with zero attached hydrogens (tertiary/aromatic N) is 2. The van der Waals surface area contributed by atoms with Gasteiger partial charge in [-0.2, -0.15) is 0 Å². The fourth-order valence-electron chi connectivity index (χ4n) is 1.61. The summed E-state index contributed by atoms with van der Waals surface area (Å²) in [7, 11) is 0. The summed E-state index contributed by atoms with van der Waals surface area (Å²) >= 11 is 0. The van der Waals surface area contributed by atoms with E-state index in [1.165, 1.54) is 5.56 Å². The normalized spacial score (nSPS) is 12.3. The molecule has 0 aromatic carbocycles. The highest BCUT2D eigenvalue weighted by molar-refractivity contribution is 5.15. The molecule has 0 spiro atoms. The Bertz CT molecular complexity index is 416. The van der Waals surface area contributed by atoms with Gasteiger partial charge in [-0.1, -0.05) is 0 Å². The lowest BCUT2D eigenvalue weighted by Crippen LogP contribution is -1.99. The lowest BCUT2D eigenvalue weighted by molar-refractivity contribution is 0.167. The second-order valence-corrected chi connectivity index (χ2v) is 3.69. The molecule has 0 aliphatic heterocycles. The summed E-state index contributed by atoms with van der Waals surface area (Å²) < 4.78 is 0. The van der Waals surface area contributed by atoms with Crippen LogP contribution in [0.2, 0.25) is 0 Å². The average molecular weight is 214 g/mol. The largest absolute Gasteiger partial charge is 0.388 e. The van der Waals surface area contributed by atoms with Crippen molar-refractivity contribution < 1.29 is 5.11 Å². The fraction of sp³-hybridized carbons (Fsp3) is 0.231. The van der Waals surface area contributed by atoms with Crippen molar-refractivity contribution >= 4 is 0 Å². The summed E-state index contributed by atoms with van der Waals surface area (Å²) in [6.45, 7) is 0. The predicted molar refractivity (Wildman–Crippen MR) is 61.8 cm³/mol. The molecule has 0 aliphatic rings. The number of pyridine rings is 2. The Morgan fingerprint density at radius 3 is 2.12 bits per heavy atom. The zero-order chi connectivity index (χ0) is 11.2. The highest BCUT2D eigenvalue weighted by Crippen LogP contribution is 2.17. The van der Waals surface area contributed by atoms with Crippen LogP contribution in [-0.2, 0) is 6.42 Å². The Balaban J connectivity index is 1.92. The van der Waals surface area contributed by atoms with E-state index in [9.17, 15) is 5.11 Å². The van der Waals surface area contributed by atoms with Gasteiger partial charge in [-0.25, -0.2) is 0 Å². The topological polar surface area (TPSA) is 46.0 Å². The molecule has 82 valence electrons. The first kappa shape index (κ1) is 10.8. The van der Waals surface area contributed by atoms with Crippen LogP contribution in [0.1, 0.15) is 23.7 Å². The number of hydrogen-bond acceptors (Lipinski definition) is 3. The SMILES string of the molecule is OC(CCc1ccncc1)c1ccncc1. The van der Waals surface area contributed by atoms with E-state index in [1.807, 2.05) is 24.3 Å². The van der Waals surface area contributed by atoms with Gasteiger partial charge in [0, 0.05) is 24.8 Å². The average Bonchev–Trinajstić information content (AvgIpc) is 2.38. The number of aliphatic hydroxyl groups excluding tert-OH is 1. The summed E-state index contributed by atoms with van der Waals surface area (Å²) in [6.07, 6.45) is 8.09. The van der Waals surface area contributed by atoms with Crippen LogP contribution in [0.25, 0.3) is 0 Å². The van der Waals surface area contributed by atoms with Crippen molar-refractivity contribution in [3.05, 3.63) is 60.2 Å². The summed E-state index contributed by atoms with van der Waals surface area (Å²) in [5, 5.41) is 9.94. The van der Waals surface area contributed by atoms with Gasteiger partial charge in [0.2, 0.25) is 0 Å². The van der Waals surface area contributed by atoms with Crippen molar-refractivity contribution in [3.63, 3.8) is 0 Å². The van der Waals surface area contributed by atoms with Crippen LogP contribution in [0.3, 0.4) is 0 Å². The van der Waals surface area contributed by atoms with E-state index in [0.717, 1.165) is 12.0 Å². The quantitative estimate of drug-likeness (QED) is 0.848. The molecule has 1 N–H and O–H groups in total. The van der Waals surface area contributed by atoms with Crippen LogP contribution in [0.4, 0.5) is 0 Å². The van der Waals surface area contributed by atoms with Crippen molar-refractivity contribution in [2.75, 3.05) is 0 Å². The molecule has 3 nitrogen and oxygen atoms in total. The molecule has 2 aromatic rings. The molecule has 1 atom stereocenters. The second kappa shape index (κ2) is 5.37. The maximum atomic E-state index is 9.94.